The second-order valence-corrected chi connectivity index (χ2v) is 18.4. The Morgan fingerprint density at radius 1 is 0.828 bits per heavy atom. The Kier molecular flexibility index (Phi) is 9.33. The number of halogens is 1. The highest BCUT2D eigenvalue weighted by Crippen LogP contribution is 2.59. The summed E-state index contributed by atoms with van der Waals surface area (Å²) >= 11 is 6.30. The number of anilines is 1. The molecular formula is C46H47ClN6O5. The zero-order valence-corrected chi connectivity index (χ0v) is 34.1. The number of likely N-dealkylation sites (tertiary alicyclic amines) is 1. The lowest BCUT2D eigenvalue weighted by Crippen LogP contribution is -2.74. The summed E-state index contributed by atoms with van der Waals surface area (Å²) in [6.07, 6.45) is 2.47. The molecule has 5 heterocycles. The first-order chi connectivity index (χ1) is 27.7. The van der Waals surface area contributed by atoms with E-state index in [1.807, 2.05) is 29.2 Å². The third kappa shape index (κ3) is 6.40. The standard InChI is InChI=1S/C46H47ClN6O5/c1-45(2)43(46(3,4)44(45)58-34-10-8-29(22-48)37(47)21-34)53-24-30-19-28(7-11-35(30)42(53)57)6-5-27-15-17-50(18-16-27)33-25-51(26-33)32-9-12-36-31(20-32)23-52(41(36)56)38-13-14-39(54)49-40(38)55/h7-12,19-21,27,33,38,43-44H,13-18,23-26H2,1-4H3,(H,49,54,55)/t38?,43-,44-. The monoisotopic (exact) mass is 798 g/mol. The number of nitrogens with zero attached hydrogens (tertiary/aromatic N) is 5. The second kappa shape index (κ2) is 14.2. The van der Waals surface area contributed by atoms with Crippen LogP contribution in [0.2, 0.25) is 5.02 Å². The Balaban J connectivity index is 0.770. The fourth-order valence-corrected chi connectivity index (χ4v) is 11.1. The number of amides is 4. The van der Waals surface area contributed by atoms with Crippen molar-refractivity contribution in [1.29, 1.82) is 5.26 Å². The van der Waals surface area contributed by atoms with E-state index in [4.69, 9.17) is 16.3 Å². The summed E-state index contributed by atoms with van der Waals surface area (Å²) < 4.78 is 6.48. The van der Waals surface area contributed by atoms with Gasteiger partial charge in [-0.05, 0) is 92.0 Å². The van der Waals surface area contributed by atoms with Crippen LogP contribution in [0.3, 0.4) is 0 Å². The van der Waals surface area contributed by atoms with Crippen molar-refractivity contribution in [3.05, 3.63) is 93.0 Å². The number of nitriles is 1. The number of carbonyl (C=O) groups excluding carboxylic acids is 4. The summed E-state index contributed by atoms with van der Waals surface area (Å²) in [5.41, 5.74) is 5.10. The van der Waals surface area contributed by atoms with Gasteiger partial charge in [0.15, 0.2) is 0 Å². The number of carbonyl (C=O) groups is 4. The van der Waals surface area contributed by atoms with E-state index < -0.39 is 6.04 Å². The molecule has 1 aliphatic carbocycles. The summed E-state index contributed by atoms with van der Waals surface area (Å²) in [6, 6.07) is 19.0. The summed E-state index contributed by atoms with van der Waals surface area (Å²) in [4.78, 5) is 59.5. The predicted molar refractivity (Wildman–Crippen MR) is 218 cm³/mol. The van der Waals surface area contributed by atoms with Crippen LogP contribution in [0.5, 0.6) is 5.75 Å². The quantitative estimate of drug-likeness (QED) is 0.247. The van der Waals surface area contributed by atoms with Crippen molar-refractivity contribution in [2.24, 2.45) is 16.7 Å². The van der Waals surface area contributed by atoms with Crippen LogP contribution in [0.25, 0.3) is 0 Å². The number of rotatable bonds is 6. The molecule has 11 nitrogen and oxygen atoms in total. The molecule has 0 radical (unpaired) electrons. The van der Waals surface area contributed by atoms with E-state index in [1.165, 1.54) is 0 Å². The van der Waals surface area contributed by atoms with Crippen molar-refractivity contribution >= 4 is 40.9 Å². The molecule has 0 aromatic heterocycles. The van der Waals surface area contributed by atoms with E-state index >= 15 is 0 Å². The van der Waals surface area contributed by atoms with Crippen molar-refractivity contribution in [3.8, 4) is 23.7 Å². The van der Waals surface area contributed by atoms with Gasteiger partial charge in [-0.3, -0.25) is 29.4 Å². The molecule has 4 amide bonds. The zero-order chi connectivity index (χ0) is 40.7. The summed E-state index contributed by atoms with van der Waals surface area (Å²) in [6.45, 7) is 13.4. The maximum absolute atomic E-state index is 13.8. The average molecular weight is 799 g/mol. The van der Waals surface area contributed by atoms with E-state index in [0.29, 0.717) is 53.4 Å². The minimum atomic E-state index is -0.606. The number of piperidine rings is 2. The second-order valence-electron chi connectivity index (χ2n) is 18.0. The molecule has 3 saturated heterocycles. The molecule has 1 N–H and O–H groups in total. The summed E-state index contributed by atoms with van der Waals surface area (Å²) in [7, 11) is 0. The van der Waals surface area contributed by atoms with Gasteiger partial charge >= 0.3 is 0 Å². The van der Waals surface area contributed by atoms with Gasteiger partial charge < -0.3 is 19.4 Å². The number of benzene rings is 3. The number of fused-ring (bicyclic) bond motifs is 2. The molecule has 9 rings (SSSR count). The third-order valence-electron chi connectivity index (χ3n) is 13.5. The van der Waals surface area contributed by atoms with Crippen LogP contribution >= 0.6 is 11.6 Å². The van der Waals surface area contributed by atoms with E-state index in [-0.39, 0.29) is 53.0 Å². The number of hydrogen-bond donors (Lipinski definition) is 1. The van der Waals surface area contributed by atoms with Crippen LogP contribution in [0.15, 0.2) is 54.6 Å². The number of nitrogens with one attached hydrogen (secondary N) is 1. The highest BCUT2D eigenvalue weighted by atomic mass is 35.5. The topological polar surface area (TPSA) is 126 Å². The van der Waals surface area contributed by atoms with Crippen LogP contribution in [0, 0.1) is 39.9 Å². The van der Waals surface area contributed by atoms with Crippen molar-refractivity contribution in [2.45, 2.75) is 90.7 Å². The van der Waals surface area contributed by atoms with Crippen LogP contribution < -0.4 is 15.0 Å². The van der Waals surface area contributed by atoms with Gasteiger partial charge in [0.1, 0.15) is 24.0 Å². The predicted octanol–water partition coefficient (Wildman–Crippen LogP) is 5.76. The largest absolute Gasteiger partial charge is 0.489 e. The molecule has 3 aromatic carbocycles. The first kappa shape index (κ1) is 38.2. The molecule has 5 aliphatic heterocycles. The molecule has 0 spiro atoms. The Morgan fingerprint density at radius 3 is 2.19 bits per heavy atom. The minimum Gasteiger partial charge on any atom is -0.489 e. The Bertz CT molecular complexity index is 2340. The lowest BCUT2D eigenvalue weighted by molar-refractivity contribution is -0.199. The molecule has 1 atom stereocenters. The number of ether oxygens (including phenoxy) is 1. The van der Waals surface area contributed by atoms with Gasteiger partial charge in [-0.2, -0.15) is 5.26 Å². The molecule has 4 fully saturated rings. The average Bonchev–Trinajstić information content (AvgIpc) is 3.66. The minimum absolute atomic E-state index is 0.0434. The Labute approximate surface area is 344 Å². The fourth-order valence-electron chi connectivity index (χ4n) is 10.9. The van der Waals surface area contributed by atoms with Crippen molar-refractivity contribution in [3.63, 3.8) is 0 Å². The highest BCUT2D eigenvalue weighted by molar-refractivity contribution is 6.31. The first-order valence-corrected chi connectivity index (χ1v) is 20.7. The summed E-state index contributed by atoms with van der Waals surface area (Å²) in [5.74, 6) is 7.15. The number of hydrogen-bond acceptors (Lipinski definition) is 8. The highest BCUT2D eigenvalue weighted by Gasteiger charge is 2.67. The van der Waals surface area contributed by atoms with Gasteiger partial charge in [-0.25, -0.2) is 0 Å². The fraction of sp³-hybridized carbons (Fsp3) is 0.457. The zero-order valence-electron chi connectivity index (χ0n) is 33.3. The normalized spacial score (nSPS) is 25.2. The SMILES string of the molecule is CC1(C)[C@H](Oc2ccc(C#N)c(Cl)c2)C(C)(C)[C@H]1N1Cc2cc(C#CC3CCN(C4CN(c5ccc6c(c5)CN(C5CCC(=O)NC5=O)C6=O)C4)CC3)ccc2C1=O. The molecule has 298 valence electrons. The van der Waals surface area contributed by atoms with Crippen LogP contribution in [-0.4, -0.2) is 88.7 Å². The molecular weight excluding hydrogens is 752 g/mol. The lowest BCUT2D eigenvalue weighted by atomic mass is 9.49. The molecule has 3 aromatic rings. The maximum Gasteiger partial charge on any atom is 0.255 e. The van der Waals surface area contributed by atoms with Crippen LogP contribution in [0.1, 0.15) is 96.3 Å². The van der Waals surface area contributed by atoms with Crippen molar-refractivity contribution < 1.29 is 23.9 Å². The van der Waals surface area contributed by atoms with Gasteiger partial charge in [0.25, 0.3) is 11.8 Å². The van der Waals surface area contributed by atoms with Crippen molar-refractivity contribution in [1.82, 2.24) is 20.0 Å². The Hall–Kier alpha value is -5.36. The van der Waals surface area contributed by atoms with Gasteiger partial charge in [-0.15, -0.1) is 0 Å². The molecule has 58 heavy (non-hydrogen) atoms. The first-order valence-electron chi connectivity index (χ1n) is 20.3. The molecule has 1 saturated carbocycles. The molecule has 0 bridgehead atoms. The van der Waals surface area contributed by atoms with Crippen LogP contribution in [0.4, 0.5) is 5.69 Å². The van der Waals surface area contributed by atoms with Gasteiger partial charge in [0.05, 0.1) is 10.6 Å². The van der Waals surface area contributed by atoms with E-state index in [1.54, 1.807) is 23.1 Å². The van der Waals surface area contributed by atoms with Gasteiger partial charge in [-0.1, -0.05) is 51.1 Å². The third-order valence-corrected chi connectivity index (χ3v) is 13.8. The Morgan fingerprint density at radius 2 is 1.50 bits per heavy atom. The molecule has 12 heteroatoms. The smallest absolute Gasteiger partial charge is 0.255 e. The number of imide groups is 1. The summed E-state index contributed by atoms with van der Waals surface area (Å²) in [5, 5.41) is 12.0. The van der Waals surface area contributed by atoms with E-state index in [2.05, 4.69) is 72.9 Å². The van der Waals surface area contributed by atoms with E-state index in [9.17, 15) is 24.4 Å². The van der Waals surface area contributed by atoms with Gasteiger partial charge in [0, 0.05) is 89.9 Å². The van der Waals surface area contributed by atoms with E-state index in [0.717, 1.165) is 67.0 Å². The lowest BCUT2D eigenvalue weighted by Gasteiger charge is -2.65. The van der Waals surface area contributed by atoms with Crippen LogP contribution in [-0.2, 0) is 22.7 Å². The van der Waals surface area contributed by atoms with Gasteiger partial charge in [0.2, 0.25) is 11.8 Å². The molecule has 6 aliphatic rings. The molecule has 1 unspecified atom stereocenters. The van der Waals surface area contributed by atoms with Crippen molar-refractivity contribution in [2.75, 3.05) is 31.1 Å². The maximum atomic E-state index is 13.8.